The molecule has 2 aromatic carbocycles. The van der Waals surface area contributed by atoms with Gasteiger partial charge in [-0.15, -0.1) is 0 Å². The van der Waals surface area contributed by atoms with E-state index in [9.17, 15) is 14.4 Å². The van der Waals surface area contributed by atoms with E-state index in [0.717, 1.165) is 5.69 Å². The lowest BCUT2D eigenvalue weighted by molar-refractivity contribution is -0.143. The fraction of sp³-hybridized carbons (Fsp3) is 0.250. The van der Waals surface area contributed by atoms with Crippen molar-refractivity contribution in [2.24, 2.45) is 0 Å². The Labute approximate surface area is 158 Å². The minimum absolute atomic E-state index is 0.170. The number of piperazine rings is 1. The summed E-state index contributed by atoms with van der Waals surface area (Å²) in [5, 5.41) is 5.25. The van der Waals surface area contributed by atoms with Gasteiger partial charge < -0.3 is 20.4 Å². The van der Waals surface area contributed by atoms with Crippen molar-refractivity contribution in [3.63, 3.8) is 0 Å². The van der Waals surface area contributed by atoms with Crippen molar-refractivity contribution < 1.29 is 14.4 Å². The summed E-state index contributed by atoms with van der Waals surface area (Å²) in [5.41, 5.74) is 2.25. The van der Waals surface area contributed by atoms with Crippen LogP contribution in [0, 0.1) is 0 Å². The number of hydrogen-bond acceptors (Lipinski definition) is 4. The number of hydrogen-bond donors (Lipinski definition) is 2. The zero-order valence-corrected chi connectivity index (χ0v) is 15.1. The highest BCUT2D eigenvalue weighted by Crippen LogP contribution is 2.16. The predicted octanol–water partition coefficient (Wildman–Crippen LogP) is 1.93. The van der Waals surface area contributed by atoms with Crippen LogP contribution in [0.1, 0.15) is 6.92 Å². The molecule has 0 saturated carbocycles. The number of carbonyl (C=O) groups excluding carboxylic acids is 3. The van der Waals surface area contributed by atoms with Crippen molar-refractivity contribution in [2.45, 2.75) is 6.92 Å². The minimum Gasteiger partial charge on any atom is -0.368 e. The summed E-state index contributed by atoms with van der Waals surface area (Å²) >= 11 is 0. The van der Waals surface area contributed by atoms with Crippen molar-refractivity contribution >= 4 is 34.8 Å². The molecule has 2 aromatic rings. The highest BCUT2D eigenvalue weighted by atomic mass is 16.2. The van der Waals surface area contributed by atoms with E-state index in [4.69, 9.17) is 0 Å². The van der Waals surface area contributed by atoms with Crippen LogP contribution in [0.3, 0.4) is 0 Å². The second-order valence-corrected chi connectivity index (χ2v) is 6.33. The average molecular weight is 366 g/mol. The Bertz CT molecular complexity index is 813. The highest BCUT2D eigenvalue weighted by Gasteiger charge is 2.26. The van der Waals surface area contributed by atoms with E-state index >= 15 is 0 Å². The molecular formula is C20H22N4O3. The van der Waals surface area contributed by atoms with E-state index in [1.165, 1.54) is 6.92 Å². The second kappa shape index (κ2) is 8.35. The summed E-state index contributed by atoms with van der Waals surface area (Å²) in [6.45, 7) is 3.81. The molecular weight excluding hydrogens is 344 g/mol. The molecule has 0 aliphatic carbocycles. The summed E-state index contributed by atoms with van der Waals surface area (Å²) < 4.78 is 0. The van der Waals surface area contributed by atoms with E-state index in [0.29, 0.717) is 37.6 Å². The van der Waals surface area contributed by atoms with Crippen LogP contribution in [-0.4, -0.2) is 48.8 Å². The van der Waals surface area contributed by atoms with Gasteiger partial charge >= 0.3 is 11.8 Å². The van der Waals surface area contributed by atoms with Crippen LogP contribution in [0.2, 0.25) is 0 Å². The molecule has 140 valence electrons. The Morgan fingerprint density at radius 2 is 1.33 bits per heavy atom. The van der Waals surface area contributed by atoms with Gasteiger partial charge in [-0.1, -0.05) is 18.2 Å². The van der Waals surface area contributed by atoms with Crippen LogP contribution in [0.15, 0.2) is 54.6 Å². The van der Waals surface area contributed by atoms with Gasteiger partial charge in [-0.25, -0.2) is 0 Å². The van der Waals surface area contributed by atoms with E-state index < -0.39 is 11.8 Å². The molecule has 0 aromatic heterocycles. The van der Waals surface area contributed by atoms with Gasteiger partial charge in [-0.2, -0.15) is 0 Å². The molecule has 7 nitrogen and oxygen atoms in total. The van der Waals surface area contributed by atoms with E-state index in [1.807, 2.05) is 30.3 Å². The molecule has 1 fully saturated rings. The molecule has 7 heteroatoms. The summed E-state index contributed by atoms with van der Waals surface area (Å²) in [6.07, 6.45) is 0. The van der Waals surface area contributed by atoms with Gasteiger partial charge in [0.25, 0.3) is 0 Å². The van der Waals surface area contributed by atoms with E-state index in [-0.39, 0.29) is 5.91 Å². The van der Waals surface area contributed by atoms with Crippen LogP contribution in [0.4, 0.5) is 17.1 Å². The maximum absolute atomic E-state index is 12.4. The SMILES string of the molecule is CC(=O)Nc1ccc(NC(=O)C(=O)N2CCN(c3ccccc3)CC2)cc1. The Morgan fingerprint density at radius 3 is 1.89 bits per heavy atom. The molecule has 0 spiro atoms. The Morgan fingerprint density at radius 1 is 0.778 bits per heavy atom. The van der Waals surface area contributed by atoms with Gasteiger partial charge in [0.2, 0.25) is 5.91 Å². The normalized spacial score (nSPS) is 13.8. The van der Waals surface area contributed by atoms with Crippen molar-refractivity contribution in [1.29, 1.82) is 0 Å². The third kappa shape index (κ3) is 4.84. The summed E-state index contributed by atoms with van der Waals surface area (Å²) in [6, 6.07) is 16.6. The van der Waals surface area contributed by atoms with Gasteiger partial charge in [-0.3, -0.25) is 14.4 Å². The van der Waals surface area contributed by atoms with Crippen LogP contribution in [0.25, 0.3) is 0 Å². The molecule has 27 heavy (non-hydrogen) atoms. The second-order valence-electron chi connectivity index (χ2n) is 6.33. The molecule has 0 atom stereocenters. The molecule has 1 heterocycles. The molecule has 0 radical (unpaired) electrons. The molecule has 2 N–H and O–H groups in total. The molecule has 1 aliphatic heterocycles. The van der Waals surface area contributed by atoms with Gasteiger partial charge in [-0.05, 0) is 36.4 Å². The number of benzene rings is 2. The molecule has 1 aliphatic rings. The van der Waals surface area contributed by atoms with Gasteiger partial charge in [0.1, 0.15) is 0 Å². The van der Waals surface area contributed by atoms with Crippen LogP contribution in [0.5, 0.6) is 0 Å². The maximum atomic E-state index is 12.4. The lowest BCUT2D eigenvalue weighted by Gasteiger charge is -2.35. The molecule has 1 saturated heterocycles. The van der Waals surface area contributed by atoms with Gasteiger partial charge in [0, 0.05) is 50.2 Å². The molecule has 3 rings (SSSR count). The molecule has 0 unspecified atom stereocenters. The highest BCUT2D eigenvalue weighted by molar-refractivity contribution is 6.39. The fourth-order valence-corrected chi connectivity index (χ4v) is 2.97. The Balaban J connectivity index is 1.52. The monoisotopic (exact) mass is 366 g/mol. The summed E-state index contributed by atoms with van der Waals surface area (Å²) in [5.74, 6) is -1.36. The summed E-state index contributed by atoms with van der Waals surface area (Å²) in [4.78, 5) is 39.4. The minimum atomic E-state index is -0.657. The first-order chi connectivity index (χ1) is 13.0. The van der Waals surface area contributed by atoms with Gasteiger partial charge in [0.05, 0.1) is 0 Å². The van der Waals surface area contributed by atoms with Gasteiger partial charge in [0.15, 0.2) is 0 Å². The first-order valence-electron chi connectivity index (χ1n) is 8.81. The van der Waals surface area contributed by atoms with E-state index in [1.54, 1.807) is 29.2 Å². The number of nitrogens with zero attached hydrogens (tertiary/aromatic N) is 2. The number of para-hydroxylation sites is 1. The zero-order chi connectivity index (χ0) is 19.2. The predicted molar refractivity (Wildman–Crippen MR) is 105 cm³/mol. The average Bonchev–Trinajstić information content (AvgIpc) is 2.69. The zero-order valence-electron chi connectivity index (χ0n) is 15.1. The van der Waals surface area contributed by atoms with Crippen molar-refractivity contribution in [3.8, 4) is 0 Å². The number of rotatable bonds is 3. The van der Waals surface area contributed by atoms with E-state index in [2.05, 4.69) is 15.5 Å². The largest absolute Gasteiger partial charge is 0.368 e. The number of anilines is 3. The number of amides is 3. The van der Waals surface area contributed by atoms with Crippen molar-refractivity contribution in [2.75, 3.05) is 41.7 Å². The topological polar surface area (TPSA) is 81.8 Å². The maximum Gasteiger partial charge on any atom is 0.313 e. The smallest absolute Gasteiger partial charge is 0.313 e. The number of nitrogens with one attached hydrogen (secondary N) is 2. The van der Waals surface area contributed by atoms with Crippen LogP contribution < -0.4 is 15.5 Å². The third-order valence-electron chi connectivity index (χ3n) is 4.35. The fourth-order valence-electron chi connectivity index (χ4n) is 2.97. The lowest BCUT2D eigenvalue weighted by Crippen LogP contribution is -2.51. The lowest BCUT2D eigenvalue weighted by atomic mass is 10.2. The first kappa shape index (κ1) is 18.4. The third-order valence-corrected chi connectivity index (χ3v) is 4.35. The quantitative estimate of drug-likeness (QED) is 0.814. The molecule has 3 amide bonds. The Kier molecular flexibility index (Phi) is 5.71. The standard InChI is InChI=1S/C20H22N4O3/c1-15(25)21-16-7-9-17(10-8-16)22-19(26)20(27)24-13-11-23(12-14-24)18-5-3-2-4-6-18/h2-10H,11-14H2,1H3,(H,21,25)(H,22,26). The van der Waals surface area contributed by atoms with Crippen LogP contribution in [-0.2, 0) is 14.4 Å². The number of carbonyl (C=O) groups is 3. The van der Waals surface area contributed by atoms with Crippen molar-refractivity contribution in [3.05, 3.63) is 54.6 Å². The summed E-state index contributed by atoms with van der Waals surface area (Å²) in [7, 11) is 0. The molecule has 0 bridgehead atoms. The van der Waals surface area contributed by atoms with Crippen LogP contribution >= 0.6 is 0 Å². The first-order valence-corrected chi connectivity index (χ1v) is 8.81. The van der Waals surface area contributed by atoms with Crippen molar-refractivity contribution in [1.82, 2.24) is 4.90 Å². The Hall–Kier alpha value is -3.35.